The Morgan fingerprint density at radius 3 is 1.73 bits per heavy atom. The van der Waals surface area contributed by atoms with Gasteiger partial charge in [0.2, 0.25) is 0 Å². The maximum absolute atomic E-state index is 12.3. The SMILES string of the molecule is CC(C)Oc1ccc(C(=O)NNC(=O)c2ccc(OCc3ccccc3)cc2)cc1. The average molecular weight is 404 g/mol. The Labute approximate surface area is 175 Å². The normalized spacial score (nSPS) is 10.4. The summed E-state index contributed by atoms with van der Waals surface area (Å²) in [5.74, 6) is 0.503. The maximum Gasteiger partial charge on any atom is 0.269 e. The monoisotopic (exact) mass is 404 g/mol. The third-order valence-electron chi connectivity index (χ3n) is 4.14. The molecule has 0 saturated carbocycles. The summed E-state index contributed by atoms with van der Waals surface area (Å²) in [6.07, 6.45) is 0.0547. The summed E-state index contributed by atoms with van der Waals surface area (Å²) in [6.45, 7) is 4.31. The third-order valence-corrected chi connectivity index (χ3v) is 4.14. The van der Waals surface area contributed by atoms with Crippen molar-refractivity contribution < 1.29 is 19.1 Å². The summed E-state index contributed by atoms with van der Waals surface area (Å²) in [6, 6.07) is 23.2. The second-order valence-electron chi connectivity index (χ2n) is 6.90. The minimum absolute atomic E-state index is 0.0547. The molecule has 0 spiro atoms. The van der Waals surface area contributed by atoms with Crippen LogP contribution in [0.5, 0.6) is 11.5 Å². The van der Waals surface area contributed by atoms with Crippen LogP contribution in [0.3, 0.4) is 0 Å². The molecule has 0 radical (unpaired) electrons. The highest BCUT2D eigenvalue weighted by Gasteiger charge is 2.10. The first kappa shape index (κ1) is 20.9. The number of hydrogen-bond acceptors (Lipinski definition) is 4. The Bertz CT molecular complexity index is 968. The number of benzene rings is 3. The lowest BCUT2D eigenvalue weighted by atomic mass is 10.2. The molecule has 0 aliphatic rings. The van der Waals surface area contributed by atoms with Gasteiger partial charge in [-0.15, -0.1) is 0 Å². The number of hydrogen-bond donors (Lipinski definition) is 2. The minimum Gasteiger partial charge on any atom is -0.491 e. The van der Waals surface area contributed by atoms with Crippen molar-refractivity contribution in [1.29, 1.82) is 0 Å². The Hall–Kier alpha value is -3.80. The van der Waals surface area contributed by atoms with Crippen molar-refractivity contribution in [3.05, 3.63) is 95.6 Å². The Kier molecular flexibility index (Phi) is 7.05. The van der Waals surface area contributed by atoms with E-state index >= 15 is 0 Å². The fourth-order valence-corrected chi connectivity index (χ4v) is 2.66. The quantitative estimate of drug-likeness (QED) is 0.581. The number of carbonyl (C=O) groups is 2. The maximum atomic E-state index is 12.3. The summed E-state index contributed by atoms with van der Waals surface area (Å²) in [5, 5.41) is 0. The third kappa shape index (κ3) is 6.10. The highest BCUT2D eigenvalue weighted by Crippen LogP contribution is 2.15. The van der Waals surface area contributed by atoms with Crippen LogP contribution in [0.4, 0.5) is 0 Å². The van der Waals surface area contributed by atoms with Crippen LogP contribution in [0.15, 0.2) is 78.9 Å². The van der Waals surface area contributed by atoms with Crippen LogP contribution in [-0.2, 0) is 6.61 Å². The van der Waals surface area contributed by atoms with Gasteiger partial charge in [-0.1, -0.05) is 30.3 Å². The van der Waals surface area contributed by atoms with Crippen LogP contribution >= 0.6 is 0 Å². The zero-order valence-corrected chi connectivity index (χ0v) is 16.9. The first-order chi connectivity index (χ1) is 14.5. The molecule has 2 amide bonds. The molecular weight excluding hydrogens is 380 g/mol. The van der Waals surface area contributed by atoms with Gasteiger partial charge in [0.05, 0.1) is 6.10 Å². The smallest absolute Gasteiger partial charge is 0.269 e. The first-order valence-corrected chi connectivity index (χ1v) is 9.65. The zero-order chi connectivity index (χ0) is 21.3. The van der Waals surface area contributed by atoms with Crippen LogP contribution < -0.4 is 20.3 Å². The highest BCUT2D eigenvalue weighted by molar-refractivity contribution is 5.99. The summed E-state index contributed by atoms with van der Waals surface area (Å²) < 4.78 is 11.3. The van der Waals surface area contributed by atoms with E-state index in [0.717, 1.165) is 5.56 Å². The molecular formula is C24H24N2O4. The van der Waals surface area contributed by atoms with Crippen LogP contribution in [0.1, 0.15) is 40.1 Å². The standard InChI is InChI=1S/C24H24N2O4/c1-17(2)30-22-14-10-20(11-15-22)24(28)26-25-23(27)19-8-12-21(13-9-19)29-16-18-6-4-3-5-7-18/h3-15,17H,16H2,1-2H3,(H,25,27)(H,26,28). The van der Waals surface area contributed by atoms with Crippen LogP contribution in [0.2, 0.25) is 0 Å². The summed E-state index contributed by atoms with van der Waals surface area (Å²) in [5.41, 5.74) is 6.70. The van der Waals surface area contributed by atoms with Gasteiger partial charge < -0.3 is 9.47 Å². The molecule has 3 rings (SSSR count). The molecule has 6 heteroatoms. The second kappa shape index (κ2) is 10.1. The van der Waals surface area contributed by atoms with E-state index in [4.69, 9.17) is 9.47 Å². The molecule has 0 atom stereocenters. The van der Waals surface area contributed by atoms with E-state index in [1.165, 1.54) is 0 Å². The van der Waals surface area contributed by atoms with Gasteiger partial charge in [-0.05, 0) is 67.9 Å². The van der Waals surface area contributed by atoms with Gasteiger partial charge in [0.15, 0.2) is 0 Å². The van der Waals surface area contributed by atoms with Crippen LogP contribution in [-0.4, -0.2) is 17.9 Å². The van der Waals surface area contributed by atoms with Gasteiger partial charge in [-0.2, -0.15) is 0 Å². The summed E-state index contributed by atoms with van der Waals surface area (Å²) in [7, 11) is 0. The van der Waals surface area contributed by atoms with E-state index in [1.54, 1.807) is 48.5 Å². The van der Waals surface area contributed by atoms with E-state index in [1.807, 2.05) is 44.2 Å². The largest absolute Gasteiger partial charge is 0.491 e. The van der Waals surface area contributed by atoms with Crippen molar-refractivity contribution in [2.75, 3.05) is 0 Å². The molecule has 0 saturated heterocycles. The molecule has 6 nitrogen and oxygen atoms in total. The van der Waals surface area contributed by atoms with Gasteiger partial charge >= 0.3 is 0 Å². The Balaban J connectivity index is 1.48. The first-order valence-electron chi connectivity index (χ1n) is 9.65. The number of carbonyl (C=O) groups excluding carboxylic acids is 2. The van der Waals surface area contributed by atoms with Crippen LogP contribution in [0, 0.1) is 0 Å². The van der Waals surface area contributed by atoms with Crippen molar-refractivity contribution in [2.24, 2.45) is 0 Å². The molecule has 2 N–H and O–H groups in total. The molecule has 0 fully saturated rings. The number of hydrazine groups is 1. The predicted molar refractivity (Wildman–Crippen MR) is 114 cm³/mol. The molecule has 0 heterocycles. The molecule has 30 heavy (non-hydrogen) atoms. The summed E-state index contributed by atoms with van der Waals surface area (Å²) in [4.78, 5) is 24.5. The zero-order valence-electron chi connectivity index (χ0n) is 16.9. The van der Waals surface area contributed by atoms with Gasteiger partial charge in [0, 0.05) is 11.1 Å². The van der Waals surface area contributed by atoms with E-state index in [2.05, 4.69) is 10.9 Å². The molecule has 0 aromatic heterocycles. The van der Waals surface area contributed by atoms with E-state index < -0.39 is 11.8 Å². The predicted octanol–water partition coefficient (Wildman–Crippen LogP) is 4.13. The average Bonchev–Trinajstić information content (AvgIpc) is 2.77. The van der Waals surface area contributed by atoms with Gasteiger partial charge in [0.1, 0.15) is 18.1 Å². The van der Waals surface area contributed by atoms with Gasteiger partial charge in [0.25, 0.3) is 11.8 Å². The number of amides is 2. The molecule has 154 valence electrons. The van der Waals surface area contributed by atoms with Crippen molar-refractivity contribution in [3.63, 3.8) is 0 Å². The lowest BCUT2D eigenvalue weighted by Gasteiger charge is -2.11. The van der Waals surface area contributed by atoms with Crippen molar-refractivity contribution in [1.82, 2.24) is 10.9 Å². The highest BCUT2D eigenvalue weighted by atomic mass is 16.5. The van der Waals surface area contributed by atoms with Crippen molar-refractivity contribution in [3.8, 4) is 11.5 Å². The fraction of sp³-hybridized carbons (Fsp3) is 0.167. The number of nitrogens with one attached hydrogen (secondary N) is 2. The van der Waals surface area contributed by atoms with Crippen LogP contribution in [0.25, 0.3) is 0 Å². The molecule has 0 aliphatic heterocycles. The van der Waals surface area contributed by atoms with E-state index in [9.17, 15) is 9.59 Å². The Morgan fingerprint density at radius 1 is 0.733 bits per heavy atom. The number of rotatable bonds is 7. The number of ether oxygens (including phenoxy) is 2. The van der Waals surface area contributed by atoms with E-state index in [-0.39, 0.29) is 6.10 Å². The Morgan fingerprint density at radius 2 is 1.23 bits per heavy atom. The topological polar surface area (TPSA) is 76.7 Å². The molecule has 0 aliphatic carbocycles. The van der Waals surface area contributed by atoms with Gasteiger partial charge in [-0.3, -0.25) is 20.4 Å². The minimum atomic E-state index is -0.419. The molecule has 0 bridgehead atoms. The lowest BCUT2D eigenvalue weighted by molar-refractivity contribution is 0.0846. The van der Waals surface area contributed by atoms with Crippen molar-refractivity contribution in [2.45, 2.75) is 26.6 Å². The van der Waals surface area contributed by atoms with E-state index in [0.29, 0.717) is 29.2 Å². The fourth-order valence-electron chi connectivity index (χ4n) is 2.66. The van der Waals surface area contributed by atoms with Gasteiger partial charge in [-0.25, -0.2) is 0 Å². The van der Waals surface area contributed by atoms with Crippen molar-refractivity contribution >= 4 is 11.8 Å². The molecule has 3 aromatic carbocycles. The molecule has 0 unspecified atom stereocenters. The molecule has 3 aromatic rings. The summed E-state index contributed by atoms with van der Waals surface area (Å²) >= 11 is 0. The lowest BCUT2D eigenvalue weighted by Crippen LogP contribution is -2.41. The second-order valence-corrected chi connectivity index (χ2v) is 6.90.